The third-order valence-electron chi connectivity index (χ3n) is 4.22. The highest BCUT2D eigenvalue weighted by atomic mass is 16.5. The van der Waals surface area contributed by atoms with E-state index >= 15 is 0 Å². The average molecular weight is 272 g/mol. The summed E-state index contributed by atoms with van der Waals surface area (Å²) in [5.41, 5.74) is 0. The molecule has 0 spiro atoms. The van der Waals surface area contributed by atoms with Crippen LogP contribution in [0, 0.1) is 17.8 Å². The summed E-state index contributed by atoms with van der Waals surface area (Å²) >= 11 is 0. The second-order valence-electron chi connectivity index (χ2n) is 6.28. The van der Waals surface area contributed by atoms with Gasteiger partial charge in [-0.05, 0) is 43.4 Å². The Bertz CT molecular complexity index is 218. The number of aliphatic hydroxyl groups is 1. The SMILES string of the molecule is CC1CCC(C(C)C)C(OCCOCCCCO)C1. The molecule has 1 rings (SSSR count). The lowest BCUT2D eigenvalue weighted by atomic mass is 9.75. The fourth-order valence-corrected chi connectivity index (χ4v) is 2.98. The molecule has 0 bridgehead atoms. The smallest absolute Gasteiger partial charge is 0.0704 e. The molecule has 0 aromatic rings. The van der Waals surface area contributed by atoms with Crippen molar-refractivity contribution in [3.63, 3.8) is 0 Å². The molecule has 3 unspecified atom stereocenters. The van der Waals surface area contributed by atoms with E-state index in [0.29, 0.717) is 31.2 Å². The highest BCUT2D eigenvalue weighted by Crippen LogP contribution is 2.35. The molecule has 1 aliphatic carbocycles. The first-order valence-electron chi connectivity index (χ1n) is 7.95. The van der Waals surface area contributed by atoms with Crippen LogP contribution >= 0.6 is 0 Å². The fourth-order valence-electron chi connectivity index (χ4n) is 2.98. The van der Waals surface area contributed by atoms with Crippen molar-refractivity contribution in [1.82, 2.24) is 0 Å². The van der Waals surface area contributed by atoms with Crippen LogP contribution < -0.4 is 0 Å². The summed E-state index contributed by atoms with van der Waals surface area (Å²) in [5.74, 6) is 2.22. The molecule has 19 heavy (non-hydrogen) atoms. The molecule has 3 heteroatoms. The van der Waals surface area contributed by atoms with Crippen LogP contribution in [0.4, 0.5) is 0 Å². The summed E-state index contributed by atoms with van der Waals surface area (Å²) in [4.78, 5) is 0. The summed E-state index contributed by atoms with van der Waals surface area (Å²) in [5, 5.41) is 8.66. The molecule has 0 heterocycles. The lowest BCUT2D eigenvalue weighted by Crippen LogP contribution is -2.35. The highest BCUT2D eigenvalue weighted by Gasteiger charge is 2.31. The Balaban J connectivity index is 2.14. The van der Waals surface area contributed by atoms with Gasteiger partial charge in [-0.1, -0.05) is 27.2 Å². The Morgan fingerprint density at radius 1 is 1.11 bits per heavy atom. The van der Waals surface area contributed by atoms with Crippen LogP contribution in [0.2, 0.25) is 0 Å². The van der Waals surface area contributed by atoms with E-state index in [1.165, 1.54) is 19.3 Å². The molecule has 0 aromatic carbocycles. The number of aliphatic hydroxyl groups excluding tert-OH is 1. The Morgan fingerprint density at radius 3 is 2.58 bits per heavy atom. The van der Waals surface area contributed by atoms with Gasteiger partial charge in [0.15, 0.2) is 0 Å². The van der Waals surface area contributed by atoms with E-state index in [1.54, 1.807) is 0 Å². The van der Waals surface area contributed by atoms with Crippen molar-refractivity contribution in [3.05, 3.63) is 0 Å². The average Bonchev–Trinajstić information content (AvgIpc) is 2.37. The molecule has 0 aliphatic heterocycles. The molecule has 0 saturated heterocycles. The molecule has 1 fully saturated rings. The first-order valence-corrected chi connectivity index (χ1v) is 7.95. The van der Waals surface area contributed by atoms with E-state index in [2.05, 4.69) is 20.8 Å². The molecule has 0 aromatic heterocycles. The van der Waals surface area contributed by atoms with Crippen molar-refractivity contribution in [2.75, 3.05) is 26.4 Å². The van der Waals surface area contributed by atoms with Gasteiger partial charge in [0.2, 0.25) is 0 Å². The van der Waals surface area contributed by atoms with Crippen molar-refractivity contribution in [2.24, 2.45) is 17.8 Å². The van der Waals surface area contributed by atoms with Crippen LogP contribution in [0.15, 0.2) is 0 Å². The molecule has 1 N–H and O–H groups in total. The second kappa shape index (κ2) is 9.73. The Hall–Kier alpha value is -0.120. The number of unbranched alkanes of at least 4 members (excludes halogenated alkanes) is 1. The minimum atomic E-state index is 0.260. The maximum atomic E-state index is 8.66. The van der Waals surface area contributed by atoms with Crippen molar-refractivity contribution < 1.29 is 14.6 Å². The Kier molecular flexibility index (Phi) is 8.67. The molecule has 3 atom stereocenters. The number of ether oxygens (including phenoxy) is 2. The zero-order chi connectivity index (χ0) is 14.1. The Labute approximate surface area is 118 Å². The first-order chi connectivity index (χ1) is 9.15. The van der Waals surface area contributed by atoms with Gasteiger partial charge in [0.1, 0.15) is 0 Å². The summed E-state index contributed by atoms with van der Waals surface area (Å²) in [6.45, 7) is 9.33. The van der Waals surface area contributed by atoms with Gasteiger partial charge >= 0.3 is 0 Å². The normalized spacial score (nSPS) is 27.9. The predicted molar refractivity (Wildman–Crippen MR) is 78.2 cm³/mol. The maximum Gasteiger partial charge on any atom is 0.0704 e. The van der Waals surface area contributed by atoms with E-state index in [-0.39, 0.29) is 6.61 Å². The number of hydrogen-bond acceptors (Lipinski definition) is 3. The predicted octanol–water partition coefficient (Wildman–Crippen LogP) is 3.25. The topological polar surface area (TPSA) is 38.7 Å². The molecular weight excluding hydrogens is 240 g/mol. The van der Waals surface area contributed by atoms with E-state index in [1.807, 2.05) is 0 Å². The summed E-state index contributed by atoms with van der Waals surface area (Å²) < 4.78 is 11.6. The van der Waals surface area contributed by atoms with Gasteiger partial charge in [0.25, 0.3) is 0 Å². The largest absolute Gasteiger partial charge is 0.396 e. The van der Waals surface area contributed by atoms with Crippen LogP contribution in [0.3, 0.4) is 0 Å². The molecule has 0 amide bonds. The fraction of sp³-hybridized carbons (Fsp3) is 1.00. The molecule has 1 saturated carbocycles. The minimum absolute atomic E-state index is 0.260. The van der Waals surface area contributed by atoms with Crippen LogP contribution in [0.25, 0.3) is 0 Å². The second-order valence-corrected chi connectivity index (χ2v) is 6.28. The number of hydrogen-bond donors (Lipinski definition) is 1. The summed E-state index contributed by atoms with van der Waals surface area (Å²) in [6, 6.07) is 0. The Morgan fingerprint density at radius 2 is 1.89 bits per heavy atom. The lowest BCUT2D eigenvalue weighted by Gasteiger charge is -2.37. The van der Waals surface area contributed by atoms with Gasteiger partial charge in [-0.25, -0.2) is 0 Å². The molecular formula is C16H32O3. The van der Waals surface area contributed by atoms with Gasteiger partial charge in [0, 0.05) is 13.2 Å². The van der Waals surface area contributed by atoms with E-state index in [0.717, 1.165) is 25.4 Å². The van der Waals surface area contributed by atoms with Crippen LogP contribution in [-0.4, -0.2) is 37.6 Å². The highest BCUT2D eigenvalue weighted by molar-refractivity contribution is 4.81. The summed E-state index contributed by atoms with van der Waals surface area (Å²) in [7, 11) is 0. The molecule has 0 radical (unpaired) electrons. The van der Waals surface area contributed by atoms with E-state index < -0.39 is 0 Å². The van der Waals surface area contributed by atoms with Gasteiger partial charge in [-0.15, -0.1) is 0 Å². The maximum absolute atomic E-state index is 8.66. The van der Waals surface area contributed by atoms with Crippen molar-refractivity contribution >= 4 is 0 Å². The van der Waals surface area contributed by atoms with Crippen molar-refractivity contribution in [3.8, 4) is 0 Å². The zero-order valence-corrected chi connectivity index (χ0v) is 12.9. The zero-order valence-electron chi connectivity index (χ0n) is 12.9. The van der Waals surface area contributed by atoms with Gasteiger partial charge in [-0.3, -0.25) is 0 Å². The first kappa shape index (κ1) is 16.9. The quantitative estimate of drug-likeness (QED) is 0.655. The standard InChI is InChI=1S/C16H32O3/c1-13(2)15-7-6-14(3)12-16(15)19-11-10-18-9-5-4-8-17/h13-17H,4-12H2,1-3H3. The van der Waals surface area contributed by atoms with Crippen molar-refractivity contribution in [1.29, 1.82) is 0 Å². The molecule has 1 aliphatic rings. The molecule has 114 valence electrons. The van der Waals surface area contributed by atoms with Gasteiger partial charge in [0.05, 0.1) is 19.3 Å². The third-order valence-corrected chi connectivity index (χ3v) is 4.22. The van der Waals surface area contributed by atoms with E-state index in [9.17, 15) is 0 Å². The van der Waals surface area contributed by atoms with E-state index in [4.69, 9.17) is 14.6 Å². The van der Waals surface area contributed by atoms with Crippen LogP contribution in [0.5, 0.6) is 0 Å². The van der Waals surface area contributed by atoms with Gasteiger partial charge < -0.3 is 14.6 Å². The lowest BCUT2D eigenvalue weighted by molar-refractivity contribution is -0.0583. The molecule has 3 nitrogen and oxygen atoms in total. The van der Waals surface area contributed by atoms with Gasteiger partial charge in [-0.2, -0.15) is 0 Å². The van der Waals surface area contributed by atoms with Crippen molar-refractivity contribution in [2.45, 2.75) is 59.0 Å². The monoisotopic (exact) mass is 272 g/mol. The summed E-state index contributed by atoms with van der Waals surface area (Å²) in [6.07, 6.45) is 6.04. The minimum Gasteiger partial charge on any atom is -0.396 e. The number of rotatable bonds is 9. The third kappa shape index (κ3) is 6.73. The van der Waals surface area contributed by atoms with Crippen LogP contribution in [-0.2, 0) is 9.47 Å². The van der Waals surface area contributed by atoms with Crippen LogP contribution in [0.1, 0.15) is 52.9 Å².